The highest BCUT2D eigenvalue weighted by atomic mass is 32.2. The number of nitrogens with one attached hydrogen (secondary N) is 1. The Labute approximate surface area is 174 Å². The van der Waals surface area contributed by atoms with Gasteiger partial charge in [-0.2, -0.15) is 0 Å². The molecule has 0 unspecified atom stereocenters. The average molecular weight is 413 g/mol. The van der Waals surface area contributed by atoms with Crippen molar-refractivity contribution in [3.8, 4) is 11.4 Å². The molecule has 3 aromatic rings. The molecule has 29 heavy (non-hydrogen) atoms. The van der Waals surface area contributed by atoms with Gasteiger partial charge in [0, 0.05) is 12.2 Å². The molecule has 7 heteroatoms. The number of anilines is 1. The zero-order chi connectivity index (χ0) is 20.8. The lowest BCUT2D eigenvalue weighted by Gasteiger charge is -2.13. The molecule has 1 amide bonds. The van der Waals surface area contributed by atoms with E-state index in [4.69, 9.17) is 0 Å². The first-order chi connectivity index (χ1) is 14.0. The second-order valence-corrected chi connectivity index (χ2v) is 8.08. The van der Waals surface area contributed by atoms with Crippen LogP contribution in [0, 0.1) is 11.7 Å². The van der Waals surface area contributed by atoms with E-state index in [9.17, 15) is 9.18 Å². The monoisotopic (exact) mass is 412 g/mol. The summed E-state index contributed by atoms with van der Waals surface area (Å²) >= 11 is 1.31. The molecule has 1 heterocycles. The molecular formula is C22H25FN4OS. The van der Waals surface area contributed by atoms with Gasteiger partial charge < -0.3 is 9.88 Å². The molecule has 0 saturated carbocycles. The molecule has 0 bridgehead atoms. The Kier molecular flexibility index (Phi) is 7.04. The van der Waals surface area contributed by atoms with Crippen LogP contribution in [0.4, 0.5) is 10.1 Å². The number of carbonyl (C=O) groups is 1. The number of aromatic nitrogens is 3. The molecular weight excluding hydrogens is 387 g/mol. The van der Waals surface area contributed by atoms with Crippen molar-refractivity contribution in [1.82, 2.24) is 14.8 Å². The first kappa shape index (κ1) is 21.0. The number of halogens is 1. The van der Waals surface area contributed by atoms with Crippen molar-refractivity contribution in [2.75, 3.05) is 11.1 Å². The average Bonchev–Trinajstić information content (AvgIpc) is 3.09. The normalized spacial score (nSPS) is 11.1. The van der Waals surface area contributed by atoms with E-state index in [1.807, 2.05) is 28.8 Å². The van der Waals surface area contributed by atoms with Gasteiger partial charge in [0.15, 0.2) is 11.0 Å². The van der Waals surface area contributed by atoms with Gasteiger partial charge >= 0.3 is 0 Å². The smallest absolute Gasteiger partial charge is 0.234 e. The molecule has 0 radical (unpaired) electrons. The van der Waals surface area contributed by atoms with Crippen LogP contribution in [-0.2, 0) is 17.8 Å². The molecule has 1 aromatic heterocycles. The minimum Gasteiger partial charge on any atom is -0.325 e. The summed E-state index contributed by atoms with van der Waals surface area (Å²) in [7, 11) is 0. The van der Waals surface area contributed by atoms with Crippen LogP contribution in [0.25, 0.3) is 11.4 Å². The number of carbonyl (C=O) groups excluding carboxylic acids is 1. The van der Waals surface area contributed by atoms with E-state index in [1.54, 1.807) is 18.2 Å². The second-order valence-electron chi connectivity index (χ2n) is 7.14. The first-order valence-electron chi connectivity index (χ1n) is 9.68. The summed E-state index contributed by atoms with van der Waals surface area (Å²) in [5.41, 5.74) is 2.33. The molecule has 3 rings (SSSR count). The van der Waals surface area contributed by atoms with E-state index < -0.39 is 0 Å². The topological polar surface area (TPSA) is 59.8 Å². The lowest BCUT2D eigenvalue weighted by atomic mass is 10.1. The van der Waals surface area contributed by atoms with Gasteiger partial charge in [-0.15, -0.1) is 10.2 Å². The number of rotatable bonds is 8. The van der Waals surface area contributed by atoms with Crippen molar-refractivity contribution in [3.63, 3.8) is 0 Å². The maximum absolute atomic E-state index is 14.3. The van der Waals surface area contributed by atoms with Crippen LogP contribution in [0.15, 0.2) is 53.7 Å². The highest BCUT2D eigenvalue weighted by molar-refractivity contribution is 7.99. The summed E-state index contributed by atoms with van der Waals surface area (Å²) in [5, 5.41) is 12.0. The van der Waals surface area contributed by atoms with Crippen LogP contribution in [0.5, 0.6) is 0 Å². The third-order valence-corrected chi connectivity index (χ3v) is 5.35. The molecule has 1 N–H and O–H groups in total. The number of hydrogen-bond acceptors (Lipinski definition) is 4. The fourth-order valence-corrected chi connectivity index (χ4v) is 3.78. The first-order valence-corrected chi connectivity index (χ1v) is 10.7. The van der Waals surface area contributed by atoms with Gasteiger partial charge in [-0.3, -0.25) is 4.79 Å². The molecule has 0 aliphatic heterocycles. The van der Waals surface area contributed by atoms with Crippen LogP contribution in [0.3, 0.4) is 0 Å². The number of para-hydroxylation sites is 1. The van der Waals surface area contributed by atoms with Gasteiger partial charge in [-0.1, -0.05) is 62.9 Å². The summed E-state index contributed by atoms with van der Waals surface area (Å²) in [6.07, 6.45) is 0.846. The Balaban J connectivity index is 1.77. The molecule has 5 nitrogen and oxygen atoms in total. The van der Waals surface area contributed by atoms with Crippen LogP contribution in [-0.4, -0.2) is 26.4 Å². The largest absolute Gasteiger partial charge is 0.325 e. The standard InChI is InChI=1S/C22H25FN4OS/c1-4-16-9-5-8-12-19(16)24-20(28)14-29-22-26-25-21(27(22)13-15(2)3)17-10-6-7-11-18(17)23/h5-12,15H,4,13-14H2,1-3H3,(H,24,28). The van der Waals surface area contributed by atoms with E-state index >= 15 is 0 Å². The van der Waals surface area contributed by atoms with Crippen LogP contribution in [0.1, 0.15) is 26.3 Å². The Hall–Kier alpha value is -2.67. The Morgan fingerprint density at radius 3 is 2.59 bits per heavy atom. The van der Waals surface area contributed by atoms with E-state index in [-0.39, 0.29) is 17.5 Å². The van der Waals surface area contributed by atoms with Gasteiger partial charge in [-0.25, -0.2) is 4.39 Å². The maximum atomic E-state index is 14.3. The minimum atomic E-state index is -0.338. The van der Waals surface area contributed by atoms with E-state index in [0.717, 1.165) is 17.7 Å². The number of aryl methyl sites for hydroxylation is 1. The van der Waals surface area contributed by atoms with Crippen molar-refractivity contribution < 1.29 is 9.18 Å². The van der Waals surface area contributed by atoms with Crippen molar-refractivity contribution in [2.45, 2.75) is 38.9 Å². The summed E-state index contributed by atoms with van der Waals surface area (Å²) in [6.45, 7) is 6.85. The zero-order valence-corrected chi connectivity index (χ0v) is 17.7. The summed E-state index contributed by atoms with van der Waals surface area (Å²) in [6, 6.07) is 14.3. The third kappa shape index (κ3) is 5.23. The fraction of sp³-hybridized carbons (Fsp3) is 0.318. The highest BCUT2D eigenvalue weighted by Gasteiger charge is 2.19. The number of benzene rings is 2. The predicted molar refractivity (Wildman–Crippen MR) is 115 cm³/mol. The van der Waals surface area contributed by atoms with E-state index in [2.05, 4.69) is 36.3 Å². The van der Waals surface area contributed by atoms with Gasteiger partial charge in [0.25, 0.3) is 0 Å². The van der Waals surface area contributed by atoms with Crippen LogP contribution >= 0.6 is 11.8 Å². The van der Waals surface area contributed by atoms with Crippen molar-refractivity contribution in [3.05, 3.63) is 59.9 Å². The van der Waals surface area contributed by atoms with E-state index in [1.165, 1.54) is 17.8 Å². The Morgan fingerprint density at radius 1 is 1.14 bits per heavy atom. The second kappa shape index (κ2) is 9.69. The zero-order valence-electron chi connectivity index (χ0n) is 16.9. The molecule has 0 atom stereocenters. The SMILES string of the molecule is CCc1ccccc1NC(=O)CSc1nnc(-c2ccccc2F)n1CC(C)C. The predicted octanol–water partition coefficient (Wildman–Crippen LogP) is 5.03. The van der Waals surface area contributed by atoms with Gasteiger partial charge in [-0.05, 0) is 36.1 Å². The van der Waals surface area contributed by atoms with Gasteiger partial charge in [0.1, 0.15) is 5.82 Å². The number of amides is 1. The number of hydrogen-bond donors (Lipinski definition) is 1. The number of thioether (sulfide) groups is 1. The minimum absolute atomic E-state index is 0.109. The molecule has 0 saturated heterocycles. The Morgan fingerprint density at radius 2 is 1.86 bits per heavy atom. The van der Waals surface area contributed by atoms with Crippen molar-refractivity contribution >= 4 is 23.4 Å². The summed E-state index contributed by atoms with van der Waals surface area (Å²) < 4.78 is 16.2. The Bertz CT molecular complexity index is 986. The van der Waals surface area contributed by atoms with Crippen molar-refractivity contribution in [1.29, 1.82) is 0 Å². The molecule has 152 valence electrons. The maximum Gasteiger partial charge on any atom is 0.234 e. The van der Waals surface area contributed by atoms with Crippen LogP contribution < -0.4 is 5.32 Å². The highest BCUT2D eigenvalue weighted by Crippen LogP contribution is 2.27. The number of nitrogens with zero attached hydrogens (tertiary/aromatic N) is 3. The quantitative estimate of drug-likeness (QED) is 0.527. The summed E-state index contributed by atoms with van der Waals surface area (Å²) in [5.74, 6) is 0.556. The third-order valence-electron chi connectivity index (χ3n) is 4.38. The van der Waals surface area contributed by atoms with E-state index in [0.29, 0.717) is 29.0 Å². The molecule has 0 spiro atoms. The summed E-state index contributed by atoms with van der Waals surface area (Å²) in [4.78, 5) is 12.5. The molecule has 2 aromatic carbocycles. The van der Waals surface area contributed by atoms with Gasteiger partial charge in [0.2, 0.25) is 5.91 Å². The lowest BCUT2D eigenvalue weighted by molar-refractivity contribution is -0.113. The van der Waals surface area contributed by atoms with Crippen LogP contribution in [0.2, 0.25) is 0 Å². The fourth-order valence-electron chi connectivity index (χ4n) is 3.03. The molecule has 0 fully saturated rings. The van der Waals surface area contributed by atoms with Gasteiger partial charge in [0.05, 0.1) is 11.3 Å². The molecule has 0 aliphatic rings. The van der Waals surface area contributed by atoms with Crippen molar-refractivity contribution in [2.24, 2.45) is 5.92 Å². The lowest BCUT2D eigenvalue weighted by Crippen LogP contribution is -2.16. The molecule has 0 aliphatic carbocycles.